The number of aliphatic imine (C=N–C) groups is 1. The molecule has 0 aromatic heterocycles. The van der Waals surface area contributed by atoms with Gasteiger partial charge in [-0.25, -0.2) is 0 Å². The van der Waals surface area contributed by atoms with E-state index in [1.165, 1.54) is 24.8 Å². The summed E-state index contributed by atoms with van der Waals surface area (Å²) in [5.74, 6) is 2.09. The smallest absolute Gasteiger partial charge is 0.191 e. The van der Waals surface area contributed by atoms with E-state index in [-0.39, 0.29) is 0 Å². The highest BCUT2D eigenvalue weighted by Crippen LogP contribution is 2.21. The molecule has 1 heterocycles. The molecule has 1 aromatic carbocycles. The lowest BCUT2D eigenvalue weighted by molar-refractivity contribution is 0.262. The zero-order valence-electron chi connectivity index (χ0n) is 12.8. The zero-order valence-corrected chi connectivity index (χ0v) is 12.8. The lowest BCUT2D eigenvalue weighted by Gasteiger charge is -2.32. The van der Waals surface area contributed by atoms with Crippen LogP contribution < -0.4 is 5.73 Å². The second kappa shape index (κ2) is 7.32. The van der Waals surface area contributed by atoms with Gasteiger partial charge in [0.05, 0.1) is 0 Å². The summed E-state index contributed by atoms with van der Waals surface area (Å²) >= 11 is 0. The van der Waals surface area contributed by atoms with Gasteiger partial charge in [-0.05, 0) is 36.7 Å². The third-order valence-corrected chi connectivity index (χ3v) is 3.92. The predicted octanol–water partition coefficient (Wildman–Crippen LogP) is 2.91. The fraction of sp³-hybridized carbons (Fsp3) is 0.588. The van der Waals surface area contributed by atoms with Crippen molar-refractivity contribution in [1.29, 1.82) is 0 Å². The van der Waals surface area contributed by atoms with E-state index in [0.29, 0.717) is 5.92 Å². The maximum atomic E-state index is 6.07. The van der Waals surface area contributed by atoms with Gasteiger partial charge in [-0.2, -0.15) is 0 Å². The quantitative estimate of drug-likeness (QED) is 0.677. The number of hydrogen-bond donors (Lipinski definition) is 1. The molecule has 1 fully saturated rings. The Morgan fingerprint density at radius 2 is 1.90 bits per heavy atom. The van der Waals surface area contributed by atoms with Gasteiger partial charge >= 0.3 is 0 Å². The van der Waals surface area contributed by atoms with Gasteiger partial charge in [-0.15, -0.1) is 0 Å². The summed E-state index contributed by atoms with van der Waals surface area (Å²) in [6.07, 6.45) is 3.62. The Morgan fingerprint density at radius 1 is 1.25 bits per heavy atom. The fourth-order valence-electron chi connectivity index (χ4n) is 2.69. The number of hydrogen-bond acceptors (Lipinski definition) is 1. The molecule has 0 amide bonds. The Labute approximate surface area is 122 Å². The van der Waals surface area contributed by atoms with Crippen molar-refractivity contribution in [3.05, 3.63) is 35.9 Å². The van der Waals surface area contributed by atoms with Crippen molar-refractivity contribution in [2.75, 3.05) is 19.6 Å². The SMILES string of the molecule is CC(C)CN=C(N)N1CCC(Cc2ccccc2)CC1. The van der Waals surface area contributed by atoms with Crippen LogP contribution in [0.2, 0.25) is 0 Å². The highest BCUT2D eigenvalue weighted by molar-refractivity contribution is 5.78. The number of piperidine rings is 1. The number of guanidine groups is 1. The van der Waals surface area contributed by atoms with Crippen LogP contribution in [0.15, 0.2) is 35.3 Å². The first kappa shape index (κ1) is 14.9. The van der Waals surface area contributed by atoms with Crippen LogP contribution in [0.5, 0.6) is 0 Å². The third-order valence-electron chi connectivity index (χ3n) is 3.92. The standard InChI is InChI=1S/C17H27N3/c1-14(2)13-19-17(18)20-10-8-16(9-11-20)12-15-6-4-3-5-7-15/h3-7,14,16H,8-13H2,1-2H3,(H2,18,19). The highest BCUT2D eigenvalue weighted by atomic mass is 15.3. The molecule has 0 unspecified atom stereocenters. The van der Waals surface area contributed by atoms with Crippen LogP contribution in [0.1, 0.15) is 32.3 Å². The zero-order chi connectivity index (χ0) is 14.4. The Kier molecular flexibility index (Phi) is 5.45. The van der Waals surface area contributed by atoms with Crippen LogP contribution in [-0.4, -0.2) is 30.5 Å². The number of benzene rings is 1. The van der Waals surface area contributed by atoms with Gasteiger partial charge in [-0.3, -0.25) is 4.99 Å². The van der Waals surface area contributed by atoms with Crippen molar-refractivity contribution in [1.82, 2.24) is 4.90 Å². The van der Waals surface area contributed by atoms with E-state index >= 15 is 0 Å². The highest BCUT2D eigenvalue weighted by Gasteiger charge is 2.20. The van der Waals surface area contributed by atoms with Crippen LogP contribution >= 0.6 is 0 Å². The molecule has 0 atom stereocenters. The van der Waals surface area contributed by atoms with E-state index in [0.717, 1.165) is 31.5 Å². The lowest BCUT2D eigenvalue weighted by Crippen LogP contribution is -2.43. The summed E-state index contributed by atoms with van der Waals surface area (Å²) in [5.41, 5.74) is 7.52. The minimum Gasteiger partial charge on any atom is -0.370 e. The van der Waals surface area contributed by atoms with Gasteiger partial charge in [0.1, 0.15) is 0 Å². The Balaban J connectivity index is 1.79. The molecule has 1 aliphatic heterocycles. The average Bonchev–Trinajstić information content (AvgIpc) is 2.46. The van der Waals surface area contributed by atoms with E-state index in [2.05, 4.69) is 54.1 Å². The van der Waals surface area contributed by atoms with Crippen molar-refractivity contribution in [3.63, 3.8) is 0 Å². The van der Waals surface area contributed by atoms with Gasteiger partial charge in [0.2, 0.25) is 0 Å². The Hall–Kier alpha value is -1.51. The molecule has 0 spiro atoms. The monoisotopic (exact) mass is 273 g/mol. The van der Waals surface area contributed by atoms with Crippen LogP contribution in [-0.2, 0) is 6.42 Å². The summed E-state index contributed by atoms with van der Waals surface area (Å²) in [6.45, 7) is 7.26. The molecule has 1 aliphatic rings. The van der Waals surface area contributed by atoms with Crippen molar-refractivity contribution >= 4 is 5.96 Å². The maximum Gasteiger partial charge on any atom is 0.191 e. The van der Waals surface area contributed by atoms with Crippen molar-refractivity contribution in [2.24, 2.45) is 22.6 Å². The molecule has 0 aliphatic carbocycles. The molecule has 110 valence electrons. The molecule has 2 N–H and O–H groups in total. The summed E-state index contributed by atoms with van der Waals surface area (Å²) in [7, 11) is 0. The van der Waals surface area contributed by atoms with Crippen LogP contribution in [0.25, 0.3) is 0 Å². The van der Waals surface area contributed by atoms with E-state index in [9.17, 15) is 0 Å². The van der Waals surface area contributed by atoms with E-state index in [1.54, 1.807) is 0 Å². The summed E-state index contributed by atoms with van der Waals surface area (Å²) in [6, 6.07) is 10.8. The Bertz CT molecular complexity index is 417. The largest absolute Gasteiger partial charge is 0.370 e. The Morgan fingerprint density at radius 3 is 2.50 bits per heavy atom. The third kappa shape index (κ3) is 4.55. The molecular formula is C17H27N3. The molecule has 20 heavy (non-hydrogen) atoms. The molecule has 2 rings (SSSR count). The normalized spacial score (nSPS) is 17.8. The fourth-order valence-corrected chi connectivity index (χ4v) is 2.69. The van der Waals surface area contributed by atoms with E-state index < -0.39 is 0 Å². The molecule has 0 bridgehead atoms. The summed E-state index contributed by atoms with van der Waals surface area (Å²) in [4.78, 5) is 6.72. The van der Waals surface area contributed by atoms with Gasteiger partial charge in [0.15, 0.2) is 5.96 Å². The minimum absolute atomic E-state index is 0.573. The van der Waals surface area contributed by atoms with Gasteiger partial charge < -0.3 is 10.6 Å². The molecule has 0 radical (unpaired) electrons. The first-order valence-electron chi connectivity index (χ1n) is 7.74. The van der Waals surface area contributed by atoms with Crippen LogP contribution in [0, 0.1) is 11.8 Å². The first-order chi connectivity index (χ1) is 9.65. The number of likely N-dealkylation sites (tertiary alicyclic amines) is 1. The van der Waals surface area contributed by atoms with Crippen molar-refractivity contribution in [3.8, 4) is 0 Å². The predicted molar refractivity (Wildman–Crippen MR) is 85.8 cm³/mol. The lowest BCUT2D eigenvalue weighted by atomic mass is 9.90. The summed E-state index contributed by atoms with van der Waals surface area (Å²) in [5, 5.41) is 0. The molecule has 1 saturated heterocycles. The molecule has 0 saturated carbocycles. The summed E-state index contributed by atoms with van der Waals surface area (Å²) < 4.78 is 0. The molecule has 3 heteroatoms. The number of nitrogens with two attached hydrogens (primary N) is 1. The number of rotatable bonds is 4. The molecule has 3 nitrogen and oxygen atoms in total. The van der Waals surface area contributed by atoms with Crippen molar-refractivity contribution in [2.45, 2.75) is 33.1 Å². The average molecular weight is 273 g/mol. The van der Waals surface area contributed by atoms with Gasteiger partial charge in [-0.1, -0.05) is 44.2 Å². The number of nitrogens with zero attached hydrogens (tertiary/aromatic N) is 2. The topological polar surface area (TPSA) is 41.6 Å². The molecule has 1 aromatic rings. The first-order valence-corrected chi connectivity index (χ1v) is 7.74. The molecular weight excluding hydrogens is 246 g/mol. The van der Waals surface area contributed by atoms with Gasteiger partial charge in [0, 0.05) is 19.6 Å². The second-order valence-electron chi connectivity index (χ2n) is 6.21. The second-order valence-corrected chi connectivity index (χ2v) is 6.21. The van der Waals surface area contributed by atoms with Crippen LogP contribution in [0.4, 0.5) is 0 Å². The minimum atomic E-state index is 0.573. The maximum absolute atomic E-state index is 6.07. The van der Waals surface area contributed by atoms with E-state index in [4.69, 9.17) is 5.73 Å². The van der Waals surface area contributed by atoms with Gasteiger partial charge in [0.25, 0.3) is 0 Å². The van der Waals surface area contributed by atoms with Crippen molar-refractivity contribution < 1.29 is 0 Å². The van der Waals surface area contributed by atoms with E-state index in [1.807, 2.05) is 0 Å². The van der Waals surface area contributed by atoms with Crippen LogP contribution in [0.3, 0.4) is 0 Å².